The third-order valence-corrected chi connectivity index (χ3v) is 9.07. The predicted molar refractivity (Wildman–Crippen MR) is 130 cm³/mol. The number of hydrogen-bond acceptors (Lipinski definition) is 3. The van der Waals surface area contributed by atoms with Gasteiger partial charge in [-0.25, -0.2) is 4.39 Å². The summed E-state index contributed by atoms with van der Waals surface area (Å²) >= 11 is 0. The maximum atomic E-state index is 14.7. The Kier molecular flexibility index (Phi) is 4.52. The molecule has 0 N–H and O–H groups in total. The Balaban J connectivity index is 1.23. The number of halogens is 1. The highest BCUT2D eigenvalue weighted by Gasteiger charge is 2.87. The average molecular weight is 434 g/mol. The van der Waals surface area contributed by atoms with Crippen LogP contribution in [0, 0.1) is 22.7 Å². The molecule has 0 bridgehead atoms. The van der Waals surface area contributed by atoms with Crippen molar-refractivity contribution in [3.05, 3.63) is 42.1 Å². The molecule has 1 aromatic carbocycles. The summed E-state index contributed by atoms with van der Waals surface area (Å²) in [5.74, 6) is 1.31. The second-order valence-electron chi connectivity index (χ2n) is 11.8. The van der Waals surface area contributed by atoms with Gasteiger partial charge in [0.25, 0.3) is 0 Å². The average Bonchev–Trinajstić information content (AvgIpc) is 3.69. The normalized spacial score (nSPS) is 37.0. The Morgan fingerprint density at radius 1 is 1.22 bits per heavy atom. The predicted octanol–water partition coefficient (Wildman–Crippen LogP) is 7.07. The van der Waals surface area contributed by atoms with E-state index in [2.05, 4.69) is 59.8 Å². The molecule has 4 aliphatic carbocycles. The van der Waals surface area contributed by atoms with E-state index in [4.69, 9.17) is 0 Å². The minimum Gasteiger partial charge on any atom is -0.345 e. The monoisotopic (exact) mass is 433 g/mol. The van der Waals surface area contributed by atoms with Gasteiger partial charge in [0, 0.05) is 35.6 Å². The van der Waals surface area contributed by atoms with E-state index in [-0.39, 0.29) is 5.41 Å². The van der Waals surface area contributed by atoms with Gasteiger partial charge in [0.05, 0.1) is 11.1 Å². The minimum atomic E-state index is -0.963. The zero-order valence-corrected chi connectivity index (χ0v) is 19.7. The Morgan fingerprint density at radius 2 is 2.00 bits per heavy atom. The van der Waals surface area contributed by atoms with Gasteiger partial charge in [0.1, 0.15) is 5.67 Å². The van der Waals surface area contributed by atoms with Crippen LogP contribution in [0.1, 0.15) is 83.6 Å². The van der Waals surface area contributed by atoms with Gasteiger partial charge in [0.15, 0.2) is 0 Å². The minimum absolute atomic E-state index is 0.276. The van der Waals surface area contributed by atoms with Crippen LogP contribution in [-0.2, 0) is 0 Å². The van der Waals surface area contributed by atoms with Crippen LogP contribution in [0.4, 0.5) is 10.1 Å². The van der Waals surface area contributed by atoms with E-state index < -0.39 is 5.67 Å². The second kappa shape index (κ2) is 7.01. The van der Waals surface area contributed by atoms with Gasteiger partial charge in [-0.15, -0.1) is 0 Å². The van der Waals surface area contributed by atoms with Gasteiger partial charge in [-0.2, -0.15) is 10.2 Å². The molecule has 0 saturated heterocycles. The fourth-order valence-electron chi connectivity index (χ4n) is 6.63. The Labute approximate surface area is 191 Å². The Hall–Kier alpha value is -1.97. The molecule has 0 amide bonds. The van der Waals surface area contributed by atoms with Crippen LogP contribution in [0.15, 0.2) is 46.7 Å². The molecule has 2 atom stereocenters. The topological polar surface area (TPSA) is 28.0 Å². The van der Waals surface area contributed by atoms with Crippen LogP contribution >= 0.6 is 0 Å². The highest BCUT2D eigenvalue weighted by atomic mass is 19.1. The van der Waals surface area contributed by atoms with Gasteiger partial charge >= 0.3 is 0 Å². The lowest BCUT2D eigenvalue weighted by Gasteiger charge is -2.32. The van der Waals surface area contributed by atoms with Gasteiger partial charge in [-0.1, -0.05) is 39.0 Å². The summed E-state index contributed by atoms with van der Waals surface area (Å²) in [6, 6.07) is 8.69. The summed E-state index contributed by atoms with van der Waals surface area (Å²) in [4.78, 5) is 2.37. The standard InChI is InChI=1S/C28H36FN3/c1-4-11-26(3)12-10-20(15-26)16-32(19(2)27-17-28(27,29)18-27)23-7-5-6-22(13-23)25-14-24(30-31-25)21-8-9-21/h5-7,13,20-21H,2,4,8-12,14-18H2,1,3H3. The molecule has 0 radical (unpaired) electrons. The molecule has 1 aromatic rings. The summed E-state index contributed by atoms with van der Waals surface area (Å²) in [5, 5.41) is 8.99. The van der Waals surface area contributed by atoms with E-state index in [1.165, 1.54) is 50.7 Å². The summed E-state index contributed by atoms with van der Waals surface area (Å²) < 4.78 is 14.7. The number of allylic oxidation sites excluding steroid dienone is 1. The van der Waals surface area contributed by atoms with Crippen LogP contribution in [0.5, 0.6) is 0 Å². The van der Waals surface area contributed by atoms with Gasteiger partial charge in [-0.05, 0) is 80.8 Å². The lowest BCUT2D eigenvalue weighted by atomic mass is 9.83. The molecule has 0 aromatic heterocycles. The summed E-state index contributed by atoms with van der Waals surface area (Å²) in [6.45, 7) is 10.2. The van der Waals surface area contributed by atoms with E-state index in [9.17, 15) is 4.39 Å². The summed E-state index contributed by atoms with van der Waals surface area (Å²) in [7, 11) is 0. The Morgan fingerprint density at radius 3 is 2.69 bits per heavy atom. The van der Waals surface area contributed by atoms with Gasteiger partial charge in [0.2, 0.25) is 0 Å². The number of nitrogens with zero attached hydrogens (tertiary/aromatic N) is 3. The molecule has 3 nitrogen and oxygen atoms in total. The fraction of sp³-hybridized carbons (Fsp3) is 0.643. The zero-order chi connectivity index (χ0) is 22.1. The molecule has 4 heteroatoms. The molecular weight excluding hydrogens is 397 g/mol. The molecule has 32 heavy (non-hydrogen) atoms. The number of benzene rings is 1. The van der Waals surface area contributed by atoms with Crippen LogP contribution in [0.2, 0.25) is 0 Å². The molecule has 6 rings (SSSR count). The summed E-state index contributed by atoms with van der Waals surface area (Å²) in [6.07, 6.45) is 11.1. The lowest BCUT2D eigenvalue weighted by Crippen LogP contribution is -2.30. The van der Waals surface area contributed by atoms with E-state index in [1.54, 1.807) is 0 Å². The third kappa shape index (κ3) is 3.36. The largest absolute Gasteiger partial charge is 0.345 e. The smallest absolute Gasteiger partial charge is 0.124 e. The van der Waals surface area contributed by atoms with Crippen molar-refractivity contribution in [2.75, 3.05) is 11.4 Å². The number of alkyl halides is 1. The van der Waals surface area contributed by atoms with E-state index in [1.807, 2.05) is 0 Å². The van der Waals surface area contributed by atoms with E-state index in [0.717, 1.165) is 35.6 Å². The number of hydrogen-bond donors (Lipinski definition) is 0. The molecule has 4 fully saturated rings. The van der Waals surface area contributed by atoms with Crippen molar-refractivity contribution in [1.29, 1.82) is 0 Å². The molecule has 1 heterocycles. The summed E-state index contributed by atoms with van der Waals surface area (Å²) in [5.41, 5.74) is 4.86. The van der Waals surface area contributed by atoms with E-state index >= 15 is 0 Å². The first-order valence-electron chi connectivity index (χ1n) is 12.7. The Bertz CT molecular complexity index is 1010. The molecule has 170 valence electrons. The first-order chi connectivity index (χ1) is 15.3. The van der Waals surface area contributed by atoms with Crippen molar-refractivity contribution in [1.82, 2.24) is 0 Å². The van der Waals surface area contributed by atoms with Crippen molar-refractivity contribution in [2.24, 2.45) is 32.9 Å². The fourth-order valence-corrected chi connectivity index (χ4v) is 6.63. The van der Waals surface area contributed by atoms with Gasteiger partial charge in [-0.3, -0.25) is 0 Å². The molecule has 1 aliphatic heterocycles. The van der Waals surface area contributed by atoms with Crippen LogP contribution in [0.25, 0.3) is 0 Å². The first-order valence-corrected chi connectivity index (χ1v) is 12.7. The molecule has 2 unspecified atom stereocenters. The van der Waals surface area contributed by atoms with Gasteiger partial charge < -0.3 is 4.90 Å². The number of fused-ring (bicyclic) bond motifs is 1. The van der Waals surface area contributed by atoms with Crippen molar-refractivity contribution in [2.45, 2.75) is 83.7 Å². The highest BCUT2D eigenvalue weighted by molar-refractivity contribution is 6.16. The van der Waals surface area contributed by atoms with Crippen LogP contribution in [0.3, 0.4) is 0 Å². The quantitative estimate of drug-likeness (QED) is 0.409. The first kappa shape index (κ1) is 20.6. The number of rotatable bonds is 9. The lowest BCUT2D eigenvalue weighted by molar-refractivity contribution is 0.291. The third-order valence-electron chi connectivity index (χ3n) is 9.07. The van der Waals surface area contributed by atoms with Crippen LogP contribution < -0.4 is 4.90 Å². The maximum Gasteiger partial charge on any atom is 0.124 e. The second-order valence-corrected chi connectivity index (χ2v) is 11.8. The van der Waals surface area contributed by atoms with Crippen molar-refractivity contribution >= 4 is 17.1 Å². The highest BCUT2D eigenvalue weighted by Crippen LogP contribution is 2.84. The van der Waals surface area contributed by atoms with Crippen molar-refractivity contribution in [3.8, 4) is 0 Å². The van der Waals surface area contributed by atoms with Crippen molar-refractivity contribution < 1.29 is 4.39 Å². The number of anilines is 1. The molecule has 0 spiro atoms. The maximum absolute atomic E-state index is 14.7. The SMILES string of the molecule is C=C(N(CC1CCC(C)(CCC)C1)c1cccc(C2=NN=C(C3CC3)C2)c1)C12CC1(F)C2. The van der Waals surface area contributed by atoms with E-state index in [0.29, 0.717) is 30.1 Å². The zero-order valence-electron chi connectivity index (χ0n) is 19.7. The van der Waals surface area contributed by atoms with Crippen LogP contribution in [-0.4, -0.2) is 23.6 Å². The molecular formula is C28H36FN3. The molecule has 5 aliphatic rings. The van der Waals surface area contributed by atoms with Crippen molar-refractivity contribution in [3.63, 3.8) is 0 Å². The molecule has 4 saturated carbocycles.